The molecule has 1 unspecified atom stereocenters. The van der Waals surface area contributed by atoms with Crippen molar-refractivity contribution < 1.29 is 9.90 Å². The zero-order chi connectivity index (χ0) is 11.4. The van der Waals surface area contributed by atoms with E-state index in [4.69, 9.17) is 10.8 Å². The minimum Gasteiger partial charge on any atom is -0.481 e. The lowest BCUT2D eigenvalue weighted by atomic mass is 9.98. The Bertz CT molecular complexity index is 364. The maximum atomic E-state index is 10.4. The summed E-state index contributed by atoms with van der Waals surface area (Å²) in [4.78, 5) is 14.6. The molecule has 82 valence electrons. The number of nitrogens with two attached hydrogens (primary N) is 1. The third kappa shape index (κ3) is 3.02. The first-order chi connectivity index (χ1) is 7.02. The number of carboxylic acid groups (broad SMARTS) is 1. The van der Waals surface area contributed by atoms with Gasteiger partial charge in [-0.05, 0) is 37.5 Å². The molecule has 3 N–H and O–H groups in total. The Morgan fingerprint density at radius 1 is 1.60 bits per heavy atom. The van der Waals surface area contributed by atoms with E-state index in [1.54, 1.807) is 6.20 Å². The van der Waals surface area contributed by atoms with Gasteiger partial charge in [0, 0.05) is 24.4 Å². The summed E-state index contributed by atoms with van der Waals surface area (Å²) in [5, 5.41) is 8.57. The highest BCUT2D eigenvalue weighted by Crippen LogP contribution is 2.20. The van der Waals surface area contributed by atoms with Crippen molar-refractivity contribution in [3.63, 3.8) is 0 Å². The van der Waals surface area contributed by atoms with E-state index < -0.39 is 5.97 Å². The van der Waals surface area contributed by atoms with Crippen molar-refractivity contribution in [2.24, 2.45) is 5.73 Å². The number of hydrogen-bond donors (Lipinski definition) is 2. The predicted octanol–water partition coefficient (Wildman–Crippen LogP) is 1.56. The molecule has 1 heterocycles. The number of pyridine rings is 1. The highest BCUT2D eigenvalue weighted by Gasteiger charge is 2.11. The number of nitrogens with zero attached hydrogens (tertiary/aromatic N) is 1. The van der Waals surface area contributed by atoms with Crippen LogP contribution in [-0.4, -0.2) is 16.1 Å². The van der Waals surface area contributed by atoms with Gasteiger partial charge in [-0.2, -0.15) is 0 Å². The van der Waals surface area contributed by atoms with Crippen molar-refractivity contribution in [2.75, 3.05) is 0 Å². The summed E-state index contributed by atoms with van der Waals surface area (Å²) < 4.78 is 0. The number of rotatable bonds is 4. The molecule has 0 aliphatic carbocycles. The van der Waals surface area contributed by atoms with E-state index in [1.165, 1.54) is 0 Å². The van der Waals surface area contributed by atoms with Crippen LogP contribution in [0.15, 0.2) is 12.3 Å². The Hall–Kier alpha value is -1.42. The van der Waals surface area contributed by atoms with Crippen LogP contribution in [-0.2, 0) is 4.79 Å². The fourth-order valence-electron chi connectivity index (χ4n) is 1.50. The zero-order valence-electron chi connectivity index (χ0n) is 9.03. The lowest BCUT2D eigenvalue weighted by molar-refractivity contribution is -0.137. The Labute approximate surface area is 89.1 Å². The SMILES string of the molecule is Cc1nccc(C(N)CCC(=O)O)c1C. The monoisotopic (exact) mass is 208 g/mol. The minimum absolute atomic E-state index is 0.0992. The largest absolute Gasteiger partial charge is 0.481 e. The summed E-state index contributed by atoms with van der Waals surface area (Å²) in [6, 6.07) is 1.64. The van der Waals surface area contributed by atoms with Crippen molar-refractivity contribution in [1.29, 1.82) is 0 Å². The number of carbonyl (C=O) groups is 1. The molecule has 0 fully saturated rings. The van der Waals surface area contributed by atoms with Gasteiger partial charge in [0.1, 0.15) is 0 Å². The van der Waals surface area contributed by atoms with Crippen LogP contribution in [0, 0.1) is 13.8 Å². The topological polar surface area (TPSA) is 76.2 Å². The molecule has 0 saturated carbocycles. The maximum absolute atomic E-state index is 10.4. The molecular weight excluding hydrogens is 192 g/mol. The molecule has 0 amide bonds. The number of carboxylic acids is 1. The van der Waals surface area contributed by atoms with Crippen molar-refractivity contribution in [3.05, 3.63) is 29.1 Å². The van der Waals surface area contributed by atoms with Crippen LogP contribution in [0.4, 0.5) is 0 Å². The molecular formula is C11H16N2O2. The molecule has 0 aromatic carbocycles. The number of aryl methyl sites for hydroxylation is 1. The Balaban J connectivity index is 2.77. The predicted molar refractivity (Wildman–Crippen MR) is 57.5 cm³/mol. The van der Waals surface area contributed by atoms with E-state index in [0.717, 1.165) is 16.8 Å². The molecule has 0 bridgehead atoms. The average Bonchev–Trinajstić information content (AvgIpc) is 2.18. The van der Waals surface area contributed by atoms with Gasteiger partial charge in [-0.3, -0.25) is 9.78 Å². The smallest absolute Gasteiger partial charge is 0.303 e. The second-order valence-corrected chi connectivity index (χ2v) is 3.65. The molecule has 0 saturated heterocycles. The van der Waals surface area contributed by atoms with Gasteiger partial charge in [0.2, 0.25) is 0 Å². The molecule has 4 nitrogen and oxygen atoms in total. The first-order valence-corrected chi connectivity index (χ1v) is 4.92. The lowest BCUT2D eigenvalue weighted by Crippen LogP contribution is -2.14. The van der Waals surface area contributed by atoms with E-state index in [-0.39, 0.29) is 12.5 Å². The quantitative estimate of drug-likeness (QED) is 0.787. The molecule has 1 aromatic rings. The Morgan fingerprint density at radius 3 is 2.87 bits per heavy atom. The molecule has 15 heavy (non-hydrogen) atoms. The van der Waals surface area contributed by atoms with Gasteiger partial charge in [-0.25, -0.2) is 0 Å². The van der Waals surface area contributed by atoms with Crippen LogP contribution in [0.5, 0.6) is 0 Å². The average molecular weight is 208 g/mol. The van der Waals surface area contributed by atoms with Crippen LogP contribution in [0.2, 0.25) is 0 Å². The van der Waals surface area contributed by atoms with Crippen LogP contribution >= 0.6 is 0 Å². The van der Waals surface area contributed by atoms with E-state index in [0.29, 0.717) is 6.42 Å². The minimum atomic E-state index is -0.811. The van der Waals surface area contributed by atoms with Crippen molar-refractivity contribution >= 4 is 5.97 Å². The van der Waals surface area contributed by atoms with Gasteiger partial charge in [0.15, 0.2) is 0 Å². The van der Waals surface area contributed by atoms with E-state index in [1.807, 2.05) is 19.9 Å². The van der Waals surface area contributed by atoms with Crippen molar-refractivity contribution in [3.8, 4) is 0 Å². The second-order valence-electron chi connectivity index (χ2n) is 3.65. The van der Waals surface area contributed by atoms with Gasteiger partial charge in [-0.1, -0.05) is 0 Å². The van der Waals surface area contributed by atoms with Crippen LogP contribution in [0.25, 0.3) is 0 Å². The van der Waals surface area contributed by atoms with Gasteiger partial charge < -0.3 is 10.8 Å². The standard InChI is InChI=1S/C11H16N2O2/c1-7-8(2)13-6-5-9(7)10(12)3-4-11(14)15/h5-6,10H,3-4,12H2,1-2H3,(H,14,15). The molecule has 1 atom stereocenters. The zero-order valence-corrected chi connectivity index (χ0v) is 9.03. The van der Waals surface area contributed by atoms with Crippen molar-refractivity contribution in [2.45, 2.75) is 32.7 Å². The van der Waals surface area contributed by atoms with Gasteiger partial charge in [0.05, 0.1) is 0 Å². The first kappa shape index (κ1) is 11.7. The van der Waals surface area contributed by atoms with E-state index in [9.17, 15) is 4.79 Å². The van der Waals surface area contributed by atoms with Gasteiger partial charge in [0.25, 0.3) is 0 Å². The lowest BCUT2D eigenvalue weighted by Gasteiger charge is -2.14. The number of aromatic nitrogens is 1. The number of aliphatic carboxylic acids is 1. The highest BCUT2D eigenvalue weighted by atomic mass is 16.4. The van der Waals surface area contributed by atoms with Gasteiger partial charge >= 0.3 is 5.97 Å². The molecule has 0 aliphatic heterocycles. The van der Waals surface area contributed by atoms with Crippen molar-refractivity contribution in [1.82, 2.24) is 4.98 Å². The summed E-state index contributed by atoms with van der Waals surface area (Å²) in [5.41, 5.74) is 8.91. The highest BCUT2D eigenvalue weighted by molar-refractivity contribution is 5.66. The van der Waals surface area contributed by atoms with E-state index in [2.05, 4.69) is 4.98 Å². The number of hydrogen-bond acceptors (Lipinski definition) is 3. The van der Waals surface area contributed by atoms with Crippen LogP contribution in [0.1, 0.15) is 35.7 Å². The third-order valence-corrected chi connectivity index (χ3v) is 2.57. The van der Waals surface area contributed by atoms with Gasteiger partial charge in [-0.15, -0.1) is 0 Å². The van der Waals surface area contributed by atoms with Crippen LogP contribution < -0.4 is 5.73 Å². The Morgan fingerprint density at radius 2 is 2.27 bits per heavy atom. The van der Waals surface area contributed by atoms with E-state index >= 15 is 0 Å². The first-order valence-electron chi connectivity index (χ1n) is 4.92. The molecule has 1 rings (SSSR count). The molecule has 0 spiro atoms. The second kappa shape index (κ2) is 4.89. The van der Waals surface area contributed by atoms with Crippen LogP contribution in [0.3, 0.4) is 0 Å². The molecule has 1 aromatic heterocycles. The summed E-state index contributed by atoms with van der Waals surface area (Å²) in [5.74, 6) is -0.811. The fourth-order valence-corrected chi connectivity index (χ4v) is 1.50. The Kier molecular flexibility index (Phi) is 3.80. The summed E-state index contributed by atoms with van der Waals surface area (Å²) >= 11 is 0. The summed E-state index contributed by atoms with van der Waals surface area (Å²) in [7, 11) is 0. The molecule has 0 aliphatic rings. The molecule has 0 radical (unpaired) electrons. The normalized spacial score (nSPS) is 12.5. The summed E-state index contributed by atoms with van der Waals surface area (Å²) in [6.45, 7) is 3.88. The maximum Gasteiger partial charge on any atom is 0.303 e. The summed E-state index contributed by atoms with van der Waals surface area (Å²) in [6.07, 6.45) is 2.26. The molecule has 4 heteroatoms. The third-order valence-electron chi connectivity index (χ3n) is 2.57. The fraction of sp³-hybridized carbons (Fsp3) is 0.455.